The van der Waals surface area contributed by atoms with Crippen molar-refractivity contribution in [1.29, 1.82) is 0 Å². The molecule has 0 bridgehead atoms. The van der Waals surface area contributed by atoms with E-state index in [9.17, 15) is 4.79 Å². The van der Waals surface area contributed by atoms with Gasteiger partial charge in [-0.25, -0.2) is 4.52 Å². The van der Waals surface area contributed by atoms with E-state index in [1.165, 1.54) is 17.4 Å². The number of aromatic nitrogens is 3. The number of nitrogens with one attached hydrogen (secondary N) is 1. The number of carbonyl (C=O) groups is 1. The zero-order valence-corrected chi connectivity index (χ0v) is 19.1. The van der Waals surface area contributed by atoms with E-state index in [0.717, 1.165) is 21.8 Å². The van der Waals surface area contributed by atoms with Gasteiger partial charge in [-0.2, -0.15) is 4.98 Å². The molecule has 0 unspecified atom stereocenters. The second-order valence-corrected chi connectivity index (χ2v) is 8.13. The highest BCUT2D eigenvalue weighted by Gasteiger charge is 2.11. The third-order valence-electron chi connectivity index (χ3n) is 4.77. The second-order valence-electron chi connectivity index (χ2n) is 6.85. The van der Waals surface area contributed by atoms with Crippen molar-refractivity contribution in [2.24, 2.45) is 0 Å². The van der Waals surface area contributed by atoms with Crippen molar-refractivity contribution in [3.05, 3.63) is 70.2 Å². The zero-order valence-electron chi connectivity index (χ0n) is 17.5. The van der Waals surface area contributed by atoms with Crippen LogP contribution in [0.1, 0.15) is 11.3 Å². The topological polar surface area (TPSA) is 77.8 Å². The Morgan fingerprint density at radius 1 is 1.16 bits per heavy atom. The molecule has 0 atom stereocenters. The number of benzene rings is 2. The van der Waals surface area contributed by atoms with E-state index in [1.807, 2.05) is 46.3 Å². The summed E-state index contributed by atoms with van der Waals surface area (Å²) in [5.74, 6) is 1.73. The molecule has 4 rings (SSSR count). The van der Waals surface area contributed by atoms with Crippen LogP contribution < -0.4 is 14.8 Å². The molecule has 164 valence electrons. The van der Waals surface area contributed by atoms with Gasteiger partial charge in [0.25, 0.3) is 0 Å². The fourth-order valence-electron chi connectivity index (χ4n) is 3.12. The van der Waals surface area contributed by atoms with Crippen LogP contribution in [0.25, 0.3) is 22.4 Å². The van der Waals surface area contributed by atoms with Gasteiger partial charge in [-0.05, 0) is 48.0 Å². The SMILES string of the molecule is COc1ccc(C=CC(=O)NCCc2csc3nc(-c4ccc(Cl)cc4)nn23)cc1OC. The quantitative estimate of drug-likeness (QED) is 0.385. The maximum absolute atomic E-state index is 12.2. The molecule has 2 aromatic heterocycles. The monoisotopic (exact) mass is 468 g/mol. The van der Waals surface area contributed by atoms with Crippen LogP contribution in [-0.2, 0) is 11.2 Å². The first kappa shape index (κ1) is 21.9. The molecule has 0 spiro atoms. The standard InChI is InChI=1S/C23H21ClN4O3S/c1-30-19-9-3-15(13-20(19)31-2)4-10-21(29)25-12-11-18-14-32-23-26-22(27-28(18)23)16-5-7-17(24)8-6-16/h3-10,13-14H,11-12H2,1-2H3,(H,25,29). The Morgan fingerprint density at radius 2 is 1.94 bits per heavy atom. The zero-order chi connectivity index (χ0) is 22.5. The van der Waals surface area contributed by atoms with Gasteiger partial charge in [0.15, 0.2) is 17.3 Å². The maximum Gasteiger partial charge on any atom is 0.244 e. The van der Waals surface area contributed by atoms with Gasteiger partial charge >= 0.3 is 0 Å². The summed E-state index contributed by atoms with van der Waals surface area (Å²) < 4.78 is 12.3. The number of amides is 1. The van der Waals surface area contributed by atoms with Crippen LogP contribution >= 0.6 is 22.9 Å². The van der Waals surface area contributed by atoms with E-state index in [2.05, 4.69) is 15.4 Å². The summed E-state index contributed by atoms with van der Waals surface area (Å²) in [7, 11) is 3.16. The highest BCUT2D eigenvalue weighted by Crippen LogP contribution is 2.28. The highest BCUT2D eigenvalue weighted by atomic mass is 35.5. The van der Waals surface area contributed by atoms with Gasteiger partial charge in [0, 0.05) is 35.0 Å². The van der Waals surface area contributed by atoms with Gasteiger partial charge in [0.1, 0.15) is 0 Å². The highest BCUT2D eigenvalue weighted by molar-refractivity contribution is 7.15. The van der Waals surface area contributed by atoms with Gasteiger partial charge in [-0.3, -0.25) is 4.79 Å². The molecule has 2 heterocycles. The normalized spacial score (nSPS) is 11.2. The first-order chi connectivity index (χ1) is 15.6. The molecule has 2 aromatic carbocycles. The van der Waals surface area contributed by atoms with E-state index in [0.29, 0.717) is 35.3 Å². The van der Waals surface area contributed by atoms with Crippen LogP contribution in [0.5, 0.6) is 11.5 Å². The molecule has 0 saturated carbocycles. The first-order valence-corrected chi connectivity index (χ1v) is 11.1. The fraction of sp³-hybridized carbons (Fsp3) is 0.174. The predicted octanol–water partition coefficient (Wildman–Crippen LogP) is 4.50. The van der Waals surface area contributed by atoms with Gasteiger partial charge in [0.05, 0.1) is 19.9 Å². The Labute approximate surface area is 194 Å². The lowest BCUT2D eigenvalue weighted by Crippen LogP contribution is -2.23. The van der Waals surface area contributed by atoms with Gasteiger partial charge in [-0.15, -0.1) is 16.4 Å². The molecule has 0 aliphatic heterocycles. The minimum atomic E-state index is -0.174. The van der Waals surface area contributed by atoms with Crippen LogP contribution in [0.2, 0.25) is 5.02 Å². The molecular formula is C23H21ClN4O3S. The number of ether oxygens (including phenoxy) is 2. The average Bonchev–Trinajstić information content (AvgIpc) is 3.39. The molecule has 9 heteroatoms. The molecule has 0 aliphatic rings. The van der Waals surface area contributed by atoms with Crippen molar-refractivity contribution in [3.63, 3.8) is 0 Å². The Morgan fingerprint density at radius 3 is 2.69 bits per heavy atom. The summed E-state index contributed by atoms with van der Waals surface area (Å²) in [6.45, 7) is 0.483. The number of rotatable bonds is 8. The summed E-state index contributed by atoms with van der Waals surface area (Å²) in [5.41, 5.74) is 2.74. The molecule has 1 amide bonds. The van der Waals surface area contributed by atoms with Crippen LogP contribution in [0.3, 0.4) is 0 Å². The Balaban J connectivity index is 1.35. The van der Waals surface area contributed by atoms with Crippen LogP contribution in [-0.4, -0.2) is 41.3 Å². The molecule has 4 aromatic rings. The Hall–Kier alpha value is -3.36. The van der Waals surface area contributed by atoms with E-state index < -0.39 is 0 Å². The molecule has 1 N–H and O–H groups in total. The van der Waals surface area contributed by atoms with Crippen LogP contribution in [0.4, 0.5) is 0 Å². The van der Waals surface area contributed by atoms with E-state index >= 15 is 0 Å². The average molecular weight is 469 g/mol. The van der Waals surface area contributed by atoms with E-state index in [-0.39, 0.29) is 5.91 Å². The smallest absolute Gasteiger partial charge is 0.244 e. The van der Waals surface area contributed by atoms with Gasteiger partial charge in [0.2, 0.25) is 10.9 Å². The molecular weight excluding hydrogens is 448 g/mol. The van der Waals surface area contributed by atoms with Crippen LogP contribution in [0, 0.1) is 0 Å². The number of thiazole rings is 1. The van der Waals surface area contributed by atoms with Crippen LogP contribution in [0.15, 0.2) is 53.9 Å². The van der Waals surface area contributed by atoms with Crippen molar-refractivity contribution in [2.75, 3.05) is 20.8 Å². The number of fused-ring (bicyclic) bond motifs is 1. The summed E-state index contributed by atoms with van der Waals surface area (Å²) in [6.07, 6.45) is 3.87. The molecule has 0 fully saturated rings. The second kappa shape index (κ2) is 9.84. The van der Waals surface area contributed by atoms with Crippen molar-refractivity contribution >= 4 is 39.9 Å². The molecule has 7 nitrogen and oxygen atoms in total. The van der Waals surface area contributed by atoms with Crippen molar-refractivity contribution in [2.45, 2.75) is 6.42 Å². The van der Waals surface area contributed by atoms with Gasteiger partial charge in [-0.1, -0.05) is 17.7 Å². The van der Waals surface area contributed by atoms with E-state index in [4.69, 9.17) is 21.1 Å². The minimum Gasteiger partial charge on any atom is -0.493 e. The predicted molar refractivity (Wildman–Crippen MR) is 127 cm³/mol. The van der Waals surface area contributed by atoms with Crippen molar-refractivity contribution in [1.82, 2.24) is 19.9 Å². The fourth-order valence-corrected chi connectivity index (χ4v) is 4.10. The number of hydrogen-bond donors (Lipinski definition) is 1. The van der Waals surface area contributed by atoms with Crippen molar-refractivity contribution < 1.29 is 14.3 Å². The summed E-state index contributed by atoms with van der Waals surface area (Å²) in [4.78, 5) is 17.6. The number of halogens is 1. The summed E-state index contributed by atoms with van der Waals surface area (Å²) in [5, 5.41) is 10.2. The summed E-state index contributed by atoms with van der Waals surface area (Å²) >= 11 is 7.47. The number of carbonyl (C=O) groups excluding carboxylic acids is 1. The number of nitrogens with zero attached hydrogens (tertiary/aromatic N) is 3. The molecule has 0 radical (unpaired) electrons. The third kappa shape index (κ3) is 4.92. The minimum absolute atomic E-state index is 0.174. The summed E-state index contributed by atoms with van der Waals surface area (Å²) in [6, 6.07) is 12.9. The lowest BCUT2D eigenvalue weighted by atomic mass is 10.2. The molecule has 0 saturated heterocycles. The maximum atomic E-state index is 12.2. The number of methoxy groups -OCH3 is 2. The van der Waals surface area contributed by atoms with E-state index in [1.54, 1.807) is 26.4 Å². The third-order valence-corrected chi connectivity index (χ3v) is 5.88. The van der Waals surface area contributed by atoms with Gasteiger partial charge < -0.3 is 14.8 Å². The molecule has 0 aliphatic carbocycles. The lowest BCUT2D eigenvalue weighted by molar-refractivity contribution is -0.116. The van der Waals surface area contributed by atoms with Crippen molar-refractivity contribution in [3.8, 4) is 22.9 Å². The number of hydrogen-bond acceptors (Lipinski definition) is 6. The lowest BCUT2D eigenvalue weighted by Gasteiger charge is -2.07. The first-order valence-electron chi connectivity index (χ1n) is 9.84. The molecule has 32 heavy (non-hydrogen) atoms. The Bertz CT molecular complexity index is 1260. The largest absolute Gasteiger partial charge is 0.493 e. The Kier molecular flexibility index (Phi) is 6.72.